The molecule has 3 heterocycles. The zero-order chi connectivity index (χ0) is 45.2. The molecular formula is C65H38N2O2. The smallest absolute Gasteiger partial charge is 0.145 e. The van der Waals surface area contributed by atoms with Crippen LogP contribution in [-0.2, 0) is 0 Å². The number of para-hydroxylation sites is 2. The molecule has 0 radical (unpaired) electrons. The Balaban J connectivity index is 0.961. The van der Waals surface area contributed by atoms with E-state index in [0.29, 0.717) is 0 Å². The van der Waals surface area contributed by atoms with Crippen LogP contribution >= 0.6 is 0 Å². The number of hydrogen-bond acceptors (Lipinski definition) is 3. The standard InChI is InChI=1S/C65H38N2O2/c1-2-14-42(15-3-1)65-66-57-20-10-11-21-58(57)67(65)46-29-22-39(23-30-46)43-26-31-51-56(36-43)62(45-28-35-60-55(38-45)53-33-25-41-13-5-7-17-48(41)64(53)69-60)50-19-9-8-18-49(50)61(51)44-27-34-59-54(37-44)52-32-24-40-12-4-6-16-47(40)63(52)68-59/h1-38H. The molecule has 12 aromatic carbocycles. The molecule has 0 bridgehead atoms. The quantitative estimate of drug-likeness (QED) is 0.162. The number of furan rings is 2. The second-order valence-corrected chi connectivity index (χ2v) is 18.2. The van der Waals surface area contributed by atoms with Crippen LogP contribution in [0.4, 0.5) is 0 Å². The summed E-state index contributed by atoms with van der Waals surface area (Å²) in [5.41, 5.74) is 14.7. The molecule has 0 N–H and O–H groups in total. The fourth-order valence-electron chi connectivity index (χ4n) is 11.2. The highest BCUT2D eigenvalue weighted by Gasteiger charge is 2.21. The van der Waals surface area contributed by atoms with Gasteiger partial charge in [-0.2, -0.15) is 0 Å². The second kappa shape index (κ2) is 14.6. The average molecular weight is 879 g/mol. The van der Waals surface area contributed by atoms with Gasteiger partial charge in [-0.1, -0.05) is 164 Å². The normalized spacial score (nSPS) is 12.1. The number of nitrogens with zero attached hydrogens (tertiary/aromatic N) is 2. The number of aromatic nitrogens is 2. The lowest BCUT2D eigenvalue weighted by Gasteiger charge is -2.19. The van der Waals surface area contributed by atoms with E-state index < -0.39 is 0 Å². The minimum Gasteiger partial charge on any atom is -0.455 e. The molecule has 0 saturated heterocycles. The molecule has 0 atom stereocenters. The van der Waals surface area contributed by atoms with Gasteiger partial charge in [0.1, 0.15) is 28.2 Å². The van der Waals surface area contributed by atoms with E-state index in [0.717, 1.165) is 105 Å². The van der Waals surface area contributed by atoms with Crippen molar-refractivity contribution >= 4 is 98.0 Å². The molecular weight excluding hydrogens is 841 g/mol. The minimum atomic E-state index is 0.880. The lowest BCUT2D eigenvalue weighted by molar-refractivity contribution is 0.672. The number of fused-ring (bicyclic) bond motifs is 13. The van der Waals surface area contributed by atoms with Gasteiger partial charge in [-0.05, 0) is 132 Å². The molecule has 0 spiro atoms. The number of hydrogen-bond donors (Lipinski definition) is 0. The maximum absolute atomic E-state index is 6.65. The van der Waals surface area contributed by atoms with E-state index in [1.807, 2.05) is 6.07 Å². The molecule has 15 rings (SSSR count). The Morgan fingerprint density at radius 3 is 1.42 bits per heavy atom. The van der Waals surface area contributed by atoms with Crippen LogP contribution in [-0.4, -0.2) is 9.55 Å². The van der Waals surface area contributed by atoms with Gasteiger partial charge in [-0.25, -0.2) is 4.98 Å². The van der Waals surface area contributed by atoms with Gasteiger partial charge in [-0.3, -0.25) is 4.57 Å². The molecule has 69 heavy (non-hydrogen) atoms. The molecule has 0 amide bonds. The largest absolute Gasteiger partial charge is 0.455 e. The maximum Gasteiger partial charge on any atom is 0.145 e. The zero-order valence-electron chi connectivity index (χ0n) is 37.2. The summed E-state index contributed by atoms with van der Waals surface area (Å²) in [6.07, 6.45) is 0. The number of benzene rings is 12. The summed E-state index contributed by atoms with van der Waals surface area (Å²) in [7, 11) is 0. The first kappa shape index (κ1) is 37.9. The van der Waals surface area contributed by atoms with Crippen molar-refractivity contribution in [2.24, 2.45) is 0 Å². The summed E-state index contributed by atoms with van der Waals surface area (Å²) in [4.78, 5) is 5.11. The first-order valence-electron chi connectivity index (χ1n) is 23.5. The summed E-state index contributed by atoms with van der Waals surface area (Å²) in [5.74, 6) is 0.921. The molecule has 4 nitrogen and oxygen atoms in total. The van der Waals surface area contributed by atoms with Crippen LogP contribution in [0.5, 0.6) is 0 Å². The first-order valence-corrected chi connectivity index (χ1v) is 23.5. The predicted molar refractivity (Wildman–Crippen MR) is 287 cm³/mol. The highest BCUT2D eigenvalue weighted by Crippen LogP contribution is 2.47. The summed E-state index contributed by atoms with van der Waals surface area (Å²) in [6, 6.07) is 82.9. The van der Waals surface area contributed by atoms with Gasteiger partial charge < -0.3 is 8.83 Å². The van der Waals surface area contributed by atoms with Crippen molar-refractivity contribution in [3.8, 4) is 50.5 Å². The Morgan fingerprint density at radius 1 is 0.304 bits per heavy atom. The van der Waals surface area contributed by atoms with E-state index in [4.69, 9.17) is 13.8 Å². The van der Waals surface area contributed by atoms with Crippen LogP contribution < -0.4 is 0 Å². The zero-order valence-corrected chi connectivity index (χ0v) is 37.2. The summed E-state index contributed by atoms with van der Waals surface area (Å²) in [6.45, 7) is 0. The Hall–Kier alpha value is -9.25. The average Bonchev–Trinajstić information content (AvgIpc) is 4.12. The van der Waals surface area contributed by atoms with Crippen molar-refractivity contribution < 1.29 is 8.83 Å². The Bertz CT molecular complexity index is 4590. The minimum absolute atomic E-state index is 0.880. The van der Waals surface area contributed by atoms with E-state index in [9.17, 15) is 0 Å². The highest BCUT2D eigenvalue weighted by atomic mass is 16.3. The third kappa shape index (κ3) is 5.73. The topological polar surface area (TPSA) is 44.1 Å². The van der Waals surface area contributed by atoms with Crippen LogP contribution in [0.3, 0.4) is 0 Å². The van der Waals surface area contributed by atoms with Crippen molar-refractivity contribution in [1.82, 2.24) is 9.55 Å². The molecule has 0 aliphatic rings. The monoisotopic (exact) mass is 878 g/mol. The molecule has 15 aromatic rings. The Labute approximate surface area is 395 Å². The third-order valence-corrected chi connectivity index (χ3v) is 14.4. The Kier molecular flexibility index (Phi) is 8.04. The fraction of sp³-hybridized carbons (Fsp3) is 0. The molecule has 4 heteroatoms. The fourth-order valence-corrected chi connectivity index (χ4v) is 11.2. The van der Waals surface area contributed by atoms with E-state index in [2.05, 4.69) is 229 Å². The van der Waals surface area contributed by atoms with Crippen molar-refractivity contribution in [2.45, 2.75) is 0 Å². The summed E-state index contributed by atoms with van der Waals surface area (Å²) in [5, 5.41) is 13.8. The SMILES string of the molecule is c1ccc(-c2nc3ccccc3n2-c2ccc(-c3ccc4c(-c5ccc6oc7c8ccccc8ccc7c6c5)c5ccccc5c(-c5ccc6oc7c8ccccc8ccc7c6c5)c4c3)cc2)cc1. The van der Waals surface area contributed by atoms with E-state index >= 15 is 0 Å². The van der Waals surface area contributed by atoms with Gasteiger partial charge in [0.05, 0.1) is 11.0 Å². The summed E-state index contributed by atoms with van der Waals surface area (Å²) < 4.78 is 15.5. The van der Waals surface area contributed by atoms with Crippen LogP contribution in [0, 0.1) is 0 Å². The van der Waals surface area contributed by atoms with Crippen molar-refractivity contribution in [3.63, 3.8) is 0 Å². The third-order valence-electron chi connectivity index (χ3n) is 14.4. The van der Waals surface area contributed by atoms with Gasteiger partial charge in [0, 0.05) is 43.6 Å². The van der Waals surface area contributed by atoms with Gasteiger partial charge in [0.2, 0.25) is 0 Å². The van der Waals surface area contributed by atoms with Gasteiger partial charge in [0.15, 0.2) is 0 Å². The van der Waals surface area contributed by atoms with Gasteiger partial charge in [0.25, 0.3) is 0 Å². The Morgan fingerprint density at radius 2 is 0.783 bits per heavy atom. The second-order valence-electron chi connectivity index (χ2n) is 18.2. The van der Waals surface area contributed by atoms with Crippen molar-refractivity contribution in [2.75, 3.05) is 0 Å². The van der Waals surface area contributed by atoms with Crippen LogP contribution in [0.15, 0.2) is 239 Å². The molecule has 0 saturated carbocycles. The van der Waals surface area contributed by atoms with Gasteiger partial charge in [-0.15, -0.1) is 0 Å². The molecule has 0 unspecified atom stereocenters. The molecule has 0 aliphatic carbocycles. The molecule has 0 aliphatic heterocycles. The molecule has 0 fully saturated rings. The lowest BCUT2D eigenvalue weighted by Crippen LogP contribution is -1.97. The van der Waals surface area contributed by atoms with Gasteiger partial charge >= 0.3 is 0 Å². The van der Waals surface area contributed by atoms with E-state index in [-0.39, 0.29) is 0 Å². The van der Waals surface area contributed by atoms with Crippen LogP contribution in [0.2, 0.25) is 0 Å². The van der Waals surface area contributed by atoms with E-state index in [1.165, 1.54) is 43.4 Å². The van der Waals surface area contributed by atoms with Crippen molar-refractivity contribution in [1.29, 1.82) is 0 Å². The number of rotatable bonds is 5. The highest BCUT2D eigenvalue weighted by molar-refractivity contribution is 6.24. The number of imidazole rings is 1. The lowest BCUT2D eigenvalue weighted by atomic mass is 9.84. The van der Waals surface area contributed by atoms with Crippen LogP contribution in [0.25, 0.3) is 148 Å². The van der Waals surface area contributed by atoms with Crippen molar-refractivity contribution in [3.05, 3.63) is 231 Å². The predicted octanol–water partition coefficient (Wildman–Crippen LogP) is 18.1. The maximum atomic E-state index is 6.65. The first-order chi connectivity index (χ1) is 34.2. The summed E-state index contributed by atoms with van der Waals surface area (Å²) >= 11 is 0. The molecule has 3 aromatic heterocycles. The van der Waals surface area contributed by atoms with E-state index in [1.54, 1.807) is 0 Å². The molecule has 320 valence electrons. The van der Waals surface area contributed by atoms with Crippen LogP contribution in [0.1, 0.15) is 0 Å².